The number of benzene rings is 1. The second-order valence-corrected chi connectivity index (χ2v) is 4.23. The van der Waals surface area contributed by atoms with Crippen LogP contribution in [0.15, 0.2) is 22.8 Å². The van der Waals surface area contributed by atoms with Gasteiger partial charge in [0.15, 0.2) is 0 Å². The molecule has 0 spiro atoms. The van der Waals surface area contributed by atoms with Gasteiger partial charge < -0.3 is 10.8 Å². The van der Waals surface area contributed by atoms with Gasteiger partial charge in [-0.15, -0.1) is 0 Å². The van der Waals surface area contributed by atoms with Gasteiger partial charge >= 0.3 is 0 Å². The standard InChI is InChI=1S/C10H12BrN3O/c1-14-9-4-6(8(12)5-15)2-3-7(9)10(11)13-14/h2-4,8,15H,5,12H2,1H3. The van der Waals surface area contributed by atoms with E-state index in [1.165, 1.54) is 0 Å². The average Bonchev–Trinajstić information content (AvgIpc) is 2.53. The van der Waals surface area contributed by atoms with Gasteiger partial charge in [0.2, 0.25) is 0 Å². The van der Waals surface area contributed by atoms with Crippen molar-refractivity contribution in [1.29, 1.82) is 0 Å². The number of aromatic nitrogens is 2. The molecule has 0 saturated heterocycles. The van der Waals surface area contributed by atoms with Gasteiger partial charge in [-0.1, -0.05) is 6.07 Å². The van der Waals surface area contributed by atoms with Crippen molar-refractivity contribution >= 4 is 26.8 Å². The Kier molecular flexibility index (Phi) is 2.77. The zero-order valence-corrected chi connectivity index (χ0v) is 9.90. The molecule has 1 unspecified atom stereocenters. The zero-order valence-electron chi connectivity index (χ0n) is 8.31. The Balaban J connectivity index is 2.60. The van der Waals surface area contributed by atoms with E-state index in [4.69, 9.17) is 10.8 Å². The van der Waals surface area contributed by atoms with Crippen LogP contribution in [0.5, 0.6) is 0 Å². The van der Waals surface area contributed by atoms with E-state index in [1.807, 2.05) is 25.2 Å². The van der Waals surface area contributed by atoms with E-state index in [1.54, 1.807) is 4.68 Å². The van der Waals surface area contributed by atoms with Crippen molar-refractivity contribution in [3.05, 3.63) is 28.4 Å². The number of aryl methyl sites for hydroxylation is 1. The number of nitrogens with zero attached hydrogens (tertiary/aromatic N) is 2. The molecule has 80 valence electrons. The Morgan fingerprint density at radius 1 is 1.60 bits per heavy atom. The normalized spacial score (nSPS) is 13.3. The van der Waals surface area contributed by atoms with Crippen LogP contribution < -0.4 is 5.73 Å². The highest BCUT2D eigenvalue weighted by Gasteiger charge is 2.09. The number of fused-ring (bicyclic) bond motifs is 1. The van der Waals surface area contributed by atoms with Crippen LogP contribution in [0.4, 0.5) is 0 Å². The number of halogens is 1. The Morgan fingerprint density at radius 3 is 3.00 bits per heavy atom. The van der Waals surface area contributed by atoms with Crippen LogP contribution in [0.25, 0.3) is 10.9 Å². The number of rotatable bonds is 2. The molecule has 0 aliphatic heterocycles. The lowest BCUT2D eigenvalue weighted by Gasteiger charge is -2.08. The van der Waals surface area contributed by atoms with Crippen molar-refractivity contribution < 1.29 is 5.11 Å². The van der Waals surface area contributed by atoms with E-state index in [2.05, 4.69) is 21.0 Å². The fraction of sp³-hybridized carbons (Fsp3) is 0.300. The zero-order chi connectivity index (χ0) is 11.0. The number of hydrogen-bond acceptors (Lipinski definition) is 3. The topological polar surface area (TPSA) is 64.1 Å². The fourth-order valence-electron chi connectivity index (χ4n) is 1.57. The SMILES string of the molecule is Cn1nc(Br)c2ccc(C(N)CO)cc21. The van der Waals surface area contributed by atoms with Crippen molar-refractivity contribution in [3.63, 3.8) is 0 Å². The lowest BCUT2D eigenvalue weighted by Crippen LogP contribution is -2.14. The summed E-state index contributed by atoms with van der Waals surface area (Å²) in [5.41, 5.74) is 7.67. The van der Waals surface area contributed by atoms with E-state index in [9.17, 15) is 0 Å². The molecule has 0 saturated carbocycles. The Hall–Kier alpha value is -0.910. The van der Waals surface area contributed by atoms with Crippen molar-refractivity contribution in [3.8, 4) is 0 Å². The second kappa shape index (κ2) is 3.92. The summed E-state index contributed by atoms with van der Waals surface area (Å²) in [6, 6.07) is 5.49. The van der Waals surface area contributed by atoms with Crippen LogP contribution in [0.1, 0.15) is 11.6 Å². The van der Waals surface area contributed by atoms with E-state index in [0.717, 1.165) is 21.1 Å². The third kappa shape index (κ3) is 1.78. The molecule has 0 bridgehead atoms. The van der Waals surface area contributed by atoms with Crippen LogP contribution in [-0.2, 0) is 7.05 Å². The van der Waals surface area contributed by atoms with E-state index in [-0.39, 0.29) is 12.6 Å². The minimum atomic E-state index is -0.330. The minimum absolute atomic E-state index is 0.0511. The average molecular weight is 270 g/mol. The van der Waals surface area contributed by atoms with E-state index in [0.29, 0.717) is 0 Å². The van der Waals surface area contributed by atoms with Crippen LogP contribution in [0, 0.1) is 0 Å². The molecule has 0 radical (unpaired) electrons. The maximum absolute atomic E-state index is 8.98. The first-order chi connectivity index (χ1) is 7.13. The molecule has 3 N–H and O–H groups in total. The molecule has 1 aromatic heterocycles. The highest BCUT2D eigenvalue weighted by atomic mass is 79.9. The van der Waals surface area contributed by atoms with Crippen molar-refractivity contribution in [2.45, 2.75) is 6.04 Å². The summed E-state index contributed by atoms with van der Waals surface area (Å²) >= 11 is 3.38. The van der Waals surface area contributed by atoms with Gasteiger partial charge in [-0.05, 0) is 33.6 Å². The van der Waals surface area contributed by atoms with Crippen LogP contribution in [0.3, 0.4) is 0 Å². The lowest BCUT2D eigenvalue weighted by molar-refractivity contribution is 0.268. The molecule has 5 heteroatoms. The minimum Gasteiger partial charge on any atom is -0.394 e. The molecular formula is C10H12BrN3O. The monoisotopic (exact) mass is 269 g/mol. The number of hydrogen-bond donors (Lipinski definition) is 2. The first kappa shape index (κ1) is 10.6. The Morgan fingerprint density at radius 2 is 2.33 bits per heavy atom. The van der Waals surface area contributed by atoms with Gasteiger partial charge in [0.05, 0.1) is 18.2 Å². The molecule has 1 atom stereocenters. The van der Waals surface area contributed by atoms with Gasteiger partial charge in [-0.2, -0.15) is 5.10 Å². The van der Waals surface area contributed by atoms with Gasteiger partial charge in [0, 0.05) is 12.4 Å². The summed E-state index contributed by atoms with van der Waals surface area (Å²) in [6.45, 7) is -0.0511. The van der Waals surface area contributed by atoms with Gasteiger partial charge in [0.25, 0.3) is 0 Å². The largest absolute Gasteiger partial charge is 0.394 e. The highest BCUT2D eigenvalue weighted by Crippen LogP contribution is 2.25. The predicted molar refractivity (Wildman–Crippen MR) is 62.4 cm³/mol. The van der Waals surface area contributed by atoms with Crippen LogP contribution in [-0.4, -0.2) is 21.5 Å². The second-order valence-electron chi connectivity index (χ2n) is 3.48. The summed E-state index contributed by atoms with van der Waals surface area (Å²) < 4.78 is 2.61. The molecule has 15 heavy (non-hydrogen) atoms. The Bertz CT molecular complexity index is 495. The van der Waals surface area contributed by atoms with E-state index < -0.39 is 0 Å². The molecule has 0 amide bonds. The van der Waals surface area contributed by atoms with Crippen molar-refractivity contribution in [2.75, 3.05) is 6.61 Å². The number of aliphatic hydroxyl groups is 1. The molecule has 2 aromatic rings. The summed E-state index contributed by atoms with van der Waals surface area (Å²) in [5.74, 6) is 0. The molecule has 1 heterocycles. The van der Waals surface area contributed by atoms with Crippen LogP contribution >= 0.6 is 15.9 Å². The molecule has 0 fully saturated rings. The first-order valence-electron chi connectivity index (χ1n) is 4.62. The summed E-state index contributed by atoms with van der Waals surface area (Å²) in [5, 5.41) is 14.3. The molecule has 4 nitrogen and oxygen atoms in total. The maximum atomic E-state index is 8.98. The summed E-state index contributed by atoms with van der Waals surface area (Å²) in [7, 11) is 1.88. The third-order valence-corrected chi connectivity index (χ3v) is 3.04. The third-order valence-electron chi connectivity index (χ3n) is 2.46. The first-order valence-corrected chi connectivity index (χ1v) is 5.41. The molecule has 0 aliphatic carbocycles. The van der Waals surface area contributed by atoms with Crippen molar-refractivity contribution in [2.24, 2.45) is 12.8 Å². The van der Waals surface area contributed by atoms with Crippen LogP contribution in [0.2, 0.25) is 0 Å². The maximum Gasteiger partial charge on any atom is 0.135 e. The summed E-state index contributed by atoms with van der Waals surface area (Å²) in [4.78, 5) is 0. The summed E-state index contributed by atoms with van der Waals surface area (Å²) in [6.07, 6.45) is 0. The highest BCUT2D eigenvalue weighted by molar-refractivity contribution is 9.10. The van der Waals surface area contributed by atoms with E-state index >= 15 is 0 Å². The number of nitrogens with two attached hydrogens (primary N) is 1. The molecular weight excluding hydrogens is 258 g/mol. The molecule has 2 rings (SSSR count). The number of aliphatic hydroxyl groups excluding tert-OH is 1. The van der Waals surface area contributed by atoms with Gasteiger partial charge in [-0.3, -0.25) is 4.68 Å². The predicted octanol–water partition coefficient (Wildman–Crippen LogP) is 1.33. The van der Waals surface area contributed by atoms with Crippen molar-refractivity contribution in [1.82, 2.24) is 9.78 Å². The van der Waals surface area contributed by atoms with Gasteiger partial charge in [-0.25, -0.2) is 0 Å². The molecule has 0 aliphatic rings. The van der Waals surface area contributed by atoms with Gasteiger partial charge in [0.1, 0.15) is 4.60 Å². The molecule has 1 aromatic carbocycles. The Labute approximate surface area is 95.8 Å². The fourth-order valence-corrected chi connectivity index (χ4v) is 2.14. The quantitative estimate of drug-likeness (QED) is 0.865. The lowest BCUT2D eigenvalue weighted by atomic mass is 10.1. The smallest absolute Gasteiger partial charge is 0.135 e.